The van der Waals surface area contributed by atoms with Crippen LogP contribution in [0.15, 0.2) is 59.5 Å². The van der Waals surface area contributed by atoms with E-state index in [1.54, 1.807) is 30.9 Å². The number of hydrogen-bond acceptors (Lipinski definition) is 6. The third-order valence-electron chi connectivity index (χ3n) is 3.66. The molecule has 2 N–H and O–H groups in total. The average molecular weight is 406 g/mol. The number of rotatable bonds is 6. The van der Waals surface area contributed by atoms with Crippen molar-refractivity contribution in [3.8, 4) is 17.0 Å². The Labute approximate surface area is 164 Å². The van der Waals surface area contributed by atoms with Gasteiger partial charge in [0.25, 0.3) is 0 Å². The lowest BCUT2D eigenvalue weighted by Crippen LogP contribution is -2.17. The Bertz CT molecular complexity index is 966. The second kappa shape index (κ2) is 8.39. The monoisotopic (exact) mass is 406 g/mol. The number of nitrogens with zero attached hydrogens (tertiary/aromatic N) is 2. The molecule has 28 heavy (non-hydrogen) atoms. The van der Waals surface area contributed by atoms with Crippen LogP contribution in [0, 0.1) is 0 Å². The lowest BCUT2D eigenvalue weighted by atomic mass is 10.1. The molecule has 0 radical (unpaired) electrons. The van der Waals surface area contributed by atoms with Crippen molar-refractivity contribution in [2.24, 2.45) is 0 Å². The Balaban J connectivity index is 1.94. The van der Waals surface area contributed by atoms with Crippen LogP contribution < -0.4 is 15.4 Å². The molecule has 0 atom stereocenters. The molecule has 1 heterocycles. The highest BCUT2D eigenvalue weighted by atomic mass is 32.2. The molecule has 146 valence electrons. The van der Waals surface area contributed by atoms with Gasteiger partial charge in [0.1, 0.15) is 11.6 Å². The molecular formula is C19H17F3N4OS. The summed E-state index contributed by atoms with van der Waals surface area (Å²) in [5.41, 5.74) is 1.77. The summed E-state index contributed by atoms with van der Waals surface area (Å²) >= 11 is 1.62. The first kappa shape index (κ1) is 19.8. The Morgan fingerprint density at radius 1 is 1.00 bits per heavy atom. The first-order valence-electron chi connectivity index (χ1n) is 8.20. The van der Waals surface area contributed by atoms with Gasteiger partial charge in [-0.15, -0.1) is 24.9 Å². The highest BCUT2D eigenvalue weighted by Crippen LogP contribution is 2.29. The van der Waals surface area contributed by atoms with Crippen LogP contribution in [0.2, 0.25) is 0 Å². The Morgan fingerprint density at radius 3 is 2.50 bits per heavy atom. The molecule has 0 saturated heterocycles. The van der Waals surface area contributed by atoms with E-state index >= 15 is 0 Å². The number of ether oxygens (including phenoxy) is 1. The van der Waals surface area contributed by atoms with E-state index in [0.29, 0.717) is 23.0 Å². The summed E-state index contributed by atoms with van der Waals surface area (Å²) in [5, 5.41) is 6.06. The van der Waals surface area contributed by atoms with E-state index in [-0.39, 0.29) is 5.75 Å². The molecule has 0 bridgehead atoms. The van der Waals surface area contributed by atoms with Gasteiger partial charge in [0, 0.05) is 29.3 Å². The van der Waals surface area contributed by atoms with Crippen LogP contribution in [0.1, 0.15) is 0 Å². The maximum atomic E-state index is 12.5. The number of benzene rings is 2. The average Bonchev–Trinajstić information content (AvgIpc) is 2.66. The third kappa shape index (κ3) is 5.29. The second-order valence-electron chi connectivity index (χ2n) is 5.64. The number of nitrogens with one attached hydrogen (secondary N) is 2. The molecule has 0 fully saturated rings. The first-order valence-corrected chi connectivity index (χ1v) is 9.43. The van der Waals surface area contributed by atoms with Gasteiger partial charge in [-0.1, -0.05) is 18.2 Å². The predicted molar refractivity (Wildman–Crippen MR) is 105 cm³/mol. The van der Waals surface area contributed by atoms with Crippen LogP contribution in [-0.2, 0) is 0 Å². The van der Waals surface area contributed by atoms with Crippen molar-refractivity contribution in [2.75, 3.05) is 23.9 Å². The molecule has 0 aliphatic carbocycles. The molecule has 3 aromatic rings. The van der Waals surface area contributed by atoms with Gasteiger partial charge in [-0.05, 0) is 36.6 Å². The van der Waals surface area contributed by atoms with Crippen LogP contribution in [-0.4, -0.2) is 29.6 Å². The molecule has 0 aliphatic heterocycles. The lowest BCUT2D eigenvalue weighted by molar-refractivity contribution is -0.274. The van der Waals surface area contributed by atoms with Crippen LogP contribution in [0.25, 0.3) is 11.3 Å². The highest BCUT2D eigenvalue weighted by Gasteiger charge is 2.31. The van der Waals surface area contributed by atoms with Gasteiger partial charge in [-0.2, -0.15) is 4.98 Å². The summed E-state index contributed by atoms with van der Waals surface area (Å²) in [5.74, 6) is 0.537. The highest BCUT2D eigenvalue weighted by molar-refractivity contribution is 7.98. The zero-order valence-electron chi connectivity index (χ0n) is 15.0. The molecule has 0 unspecified atom stereocenters. The Morgan fingerprint density at radius 2 is 1.79 bits per heavy atom. The van der Waals surface area contributed by atoms with Crippen LogP contribution in [0.3, 0.4) is 0 Å². The van der Waals surface area contributed by atoms with Crippen molar-refractivity contribution in [2.45, 2.75) is 11.3 Å². The Kier molecular flexibility index (Phi) is 5.93. The van der Waals surface area contributed by atoms with Gasteiger partial charge in [-0.3, -0.25) is 0 Å². The molecule has 0 aliphatic rings. The van der Waals surface area contributed by atoms with Gasteiger partial charge >= 0.3 is 6.36 Å². The fraction of sp³-hybridized carbons (Fsp3) is 0.158. The second-order valence-corrected chi connectivity index (χ2v) is 6.52. The minimum Gasteiger partial charge on any atom is -0.406 e. The molecule has 0 amide bonds. The summed E-state index contributed by atoms with van der Waals surface area (Å²) < 4.78 is 41.5. The van der Waals surface area contributed by atoms with Crippen molar-refractivity contribution < 1.29 is 17.9 Å². The minimum atomic E-state index is -4.75. The standard InChI is InChI=1S/C19H17F3N4OS/c1-23-18-25-16(12-5-3-7-14(9-12)27-19(20,21)22)11-17(26-18)24-13-6-4-8-15(10-13)28-2/h3-11H,1-2H3,(H2,23,24,25,26). The molecule has 3 rings (SSSR count). The third-order valence-corrected chi connectivity index (χ3v) is 4.38. The van der Waals surface area contributed by atoms with Gasteiger partial charge < -0.3 is 15.4 Å². The number of anilines is 3. The van der Waals surface area contributed by atoms with Gasteiger partial charge in [0.2, 0.25) is 5.95 Å². The number of aromatic nitrogens is 2. The summed E-state index contributed by atoms with van der Waals surface area (Å²) in [6.07, 6.45) is -2.77. The molecule has 0 saturated carbocycles. The number of hydrogen-bond donors (Lipinski definition) is 2. The van der Waals surface area contributed by atoms with E-state index in [9.17, 15) is 13.2 Å². The molecule has 0 spiro atoms. The molecule has 1 aromatic heterocycles. The first-order chi connectivity index (χ1) is 13.4. The molecule has 5 nitrogen and oxygen atoms in total. The van der Waals surface area contributed by atoms with Gasteiger partial charge in [-0.25, -0.2) is 4.98 Å². The number of alkyl halides is 3. The maximum absolute atomic E-state index is 12.5. The SMILES string of the molecule is CNc1nc(Nc2cccc(SC)c2)cc(-c2cccc(OC(F)(F)F)c2)n1. The molecular weight excluding hydrogens is 389 g/mol. The van der Waals surface area contributed by atoms with Crippen molar-refractivity contribution in [3.63, 3.8) is 0 Å². The summed E-state index contributed by atoms with van der Waals surface area (Å²) in [7, 11) is 1.67. The summed E-state index contributed by atoms with van der Waals surface area (Å²) in [6.45, 7) is 0. The maximum Gasteiger partial charge on any atom is 0.573 e. The summed E-state index contributed by atoms with van der Waals surface area (Å²) in [4.78, 5) is 9.78. The summed E-state index contributed by atoms with van der Waals surface area (Å²) in [6, 6.07) is 15.1. The smallest absolute Gasteiger partial charge is 0.406 e. The Hall–Kier alpha value is -2.94. The lowest BCUT2D eigenvalue weighted by Gasteiger charge is -2.12. The van der Waals surface area contributed by atoms with Gasteiger partial charge in [0.15, 0.2) is 0 Å². The van der Waals surface area contributed by atoms with Crippen molar-refractivity contribution in [1.29, 1.82) is 0 Å². The van der Waals surface area contributed by atoms with Gasteiger partial charge in [0.05, 0.1) is 5.69 Å². The molecule has 2 aromatic carbocycles. The minimum absolute atomic E-state index is 0.309. The largest absolute Gasteiger partial charge is 0.573 e. The topological polar surface area (TPSA) is 59.1 Å². The van der Waals surface area contributed by atoms with E-state index in [0.717, 1.165) is 10.6 Å². The van der Waals surface area contributed by atoms with Crippen molar-refractivity contribution in [1.82, 2.24) is 9.97 Å². The van der Waals surface area contributed by atoms with E-state index in [4.69, 9.17) is 0 Å². The quantitative estimate of drug-likeness (QED) is 0.524. The van der Waals surface area contributed by atoms with E-state index in [2.05, 4.69) is 25.3 Å². The molecule has 9 heteroatoms. The number of thioether (sulfide) groups is 1. The fourth-order valence-corrected chi connectivity index (χ4v) is 2.93. The van der Waals surface area contributed by atoms with Crippen molar-refractivity contribution >= 4 is 29.2 Å². The fourth-order valence-electron chi connectivity index (χ4n) is 2.47. The zero-order chi connectivity index (χ0) is 20.1. The zero-order valence-corrected chi connectivity index (χ0v) is 15.9. The van der Waals surface area contributed by atoms with Crippen molar-refractivity contribution in [3.05, 3.63) is 54.6 Å². The normalized spacial score (nSPS) is 11.2. The van der Waals surface area contributed by atoms with E-state index in [1.165, 1.54) is 18.2 Å². The van der Waals surface area contributed by atoms with E-state index < -0.39 is 6.36 Å². The van der Waals surface area contributed by atoms with Crippen LogP contribution >= 0.6 is 11.8 Å². The predicted octanol–water partition coefficient (Wildman–Crippen LogP) is 5.55. The number of halogens is 3. The van der Waals surface area contributed by atoms with Crippen LogP contribution in [0.5, 0.6) is 5.75 Å². The van der Waals surface area contributed by atoms with Crippen LogP contribution in [0.4, 0.5) is 30.6 Å². The van der Waals surface area contributed by atoms with E-state index in [1.807, 2.05) is 30.5 Å².